The van der Waals surface area contributed by atoms with Crippen LogP contribution in [0.3, 0.4) is 0 Å². The minimum absolute atomic E-state index is 0.236. The Morgan fingerprint density at radius 1 is 1.64 bits per heavy atom. The number of nitrogens with zero attached hydrogens (tertiary/aromatic N) is 3. The maximum Gasteiger partial charge on any atom is 0.433 e. The average Bonchev–Trinajstić information content (AvgIpc) is 2.45. The summed E-state index contributed by atoms with van der Waals surface area (Å²) in [5, 5.41) is 10.8. The van der Waals surface area contributed by atoms with Crippen LogP contribution in [0.2, 0.25) is 0 Å². The Bertz CT molecular complexity index is 368. The first-order valence-corrected chi connectivity index (χ1v) is 3.44. The summed E-state index contributed by atoms with van der Waals surface area (Å²) >= 11 is 0. The van der Waals surface area contributed by atoms with Crippen molar-refractivity contribution in [1.29, 1.82) is 0 Å². The third kappa shape index (κ3) is 1.63. The highest BCUT2D eigenvalue weighted by molar-refractivity contribution is 5.93. The van der Waals surface area contributed by atoms with Gasteiger partial charge >= 0.3 is 6.18 Å². The minimum Gasteiger partial charge on any atom is -0.409 e. The van der Waals surface area contributed by atoms with Crippen molar-refractivity contribution < 1.29 is 18.4 Å². The van der Waals surface area contributed by atoms with Crippen LogP contribution in [-0.4, -0.2) is 20.6 Å². The van der Waals surface area contributed by atoms with Crippen LogP contribution in [0.4, 0.5) is 13.2 Å². The van der Waals surface area contributed by atoms with Crippen LogP contribution in [0.15, 0.2) is 11.4 Å². The predicted octanol–water partition coefficient (Wildman–Crippen LogP) is 0.533. The van der Waals surface area contributed by atoms with Crippen molar-refractivity contribution in [2.75, 3.05) is 0 Å². The van der Waals surface area contributed by atoms with E-state index in [1.165, 1.54) is 0 Å². The SMILES string of the molecule is Cn1c(C(F)(F)F)cnc1C(N)=NO. The first kappa shape index (κ1) is 10.4. The van der Waals surface area contributed by atoms with Gasteiger partial charge in [0.05, 0.1) is 6.20 Å². The first-order chi connectivity index (χ1) is 6.38. The molecule has 3 N–H and O–H groups in total. The second-order valence-corrected chi connectivity index (χ2v) is 2.51. The molecule has 1 heterocycles. The molecular weight excluding hydrogens is 201 g/mol. The quantitative estimate of drug-likeness (QED) is 0.306. The molecule has 0 fully saturated rings. The fraction of sp³-hybridized carbons (Fsp3) is 0.333. The van der Waals surface area contributed by atoms with E-state index in [0.717, 1.165) is 7.05 Å². The van der Waals surface area contributed by atoms with Gasteiger partial charge in [0.2, 0.25) is 5.84 Å². The lowest BCUT2D eigenvalue weighted by molar-refractivity contribution is -0.143. The molecule has 0 saturated heterocycles. The van der Waals surface area contributed by atoms with Crippen molar-refractivity contribution in [3.8, 4) is 0 Å². The Balaban J connectivity index is 3.22. The zero-order valence-electron chi connectivity index (χ0n) is 7.08. The third-order valence-electron chi connectivity index (χ3n) is 1.62. The van der Waals surface area contributed by atoms with Crippen LogP contribution < -0.4 is 5.73 Å². The molecule has 1 aromatic rings. The Hall–Kier alpha value is -1.73. The number of imidazole rings is 1. The third-order valence-corrected chi connectivity index (χ3v) is 1.62. The summed E-state index contributed by atoms with van der Waals surface area (Å²) in [6, 6.07) is 0. The summed E-state index contributed by atoms with van der Waals surface area (Å²) < 4.78 is 37.4. The molecule has 0 amide bonds. The molecule has 5 nitrogen and oxygen atoms in total. The van der Waals surface area contributed by atoms with Crippen LogP contribution in [0.1, 0.15) is 11.5 Å². The normalized spacial score (nSPS) is 13.3. The summed E-state index contributed by atoms with van der Waals surface area (Å²) in [4.78, 5) is 3.38. The maximum absolute atomic E-state index is 12.2. The Morgan fingerprint density at radius 3 is 2.57 bits per heavy atom. The van der Waals surface area contributed by atoms with Crippen molar-refractivity contribution in [3.05, 3.63) is 17.7 Å². The minimum atomic E-state index is -4.50. The van der Waals surface area contributed by atoms with Crippen LogP contribution in [-0.2, 0) is 13.2 Å². The van der Waals surface area contributed by atoms with Gasteiger partial charge in [-0.15, -0.1) is 0 Å². The molecule has 8 heteroatoms. The maximum atomic E-state index is 12.2. The van der Waals surface area contributed by atoms with Gasteiger partial charge < -0.3 is 15.5 Å². The zero-order valence-corrected chi connectivity index (χ0v) is 7.08. The monoisotopic (exact) mass is 208 g/mol. The van der Waals surface area contributed by atoms with Gasteiger partial charge in [-0.1, -0.05) is 5.16 Å². The van der Waals surface area contributed by atoms with Gasteiger partial charge in [-0.25, -0.2) is 4.98 Å². The Labute approximate surface area is 76.6 Å². The first-order valence-electron chi connectivity index (χ1n) is 3.44. The molecule has 0 aliphatic carbocycles. The molecule has 0 aromatic carbocycles. The molecule has 0 atom stereocenters. The largest absolute Gasteiger partial charge is 0.433 e. The van der Waals surface area contributed by atoms with Gasteiger partial charge in [-0.05, 0) is 0 Å². The molecule has 0 spiro atoms. The van der Waals surface area contributed by atoms with E-state index in [2.05, 4.69) is 10.1 Å². The highest BCUT2D eigenvalue weighted by Crippen LogP contribution is 2.28. The topological polar surface area (TPSA) is 76.4 Å². The van der Waals surface area contributed by atoms with Gasteiger partial charge in [0.25, 0.3) is 0 Å². The number of amidine groups is 1. The molecule has 1 aromatic heterocycles. The van der Waals surface area contributed by atoms with Crippen molar-refractivity contribution in [2.24, 2.45) is 17.9 Å². The fourth-order valence-corrected chi connectivity index (χ4v) is 0.956. The molecular formula is C6H7F3N4O. The Kier molecular flexibility index (Phi) is 2.37. The standard InChI is InChI=1S/C6H7F3N4O/c1-13-3(6(7,8)9)2-11-5(13)4(10)12-14/h2,14H,1H3,(H2,10,12). The lowest BCUT2D eigenvalue weighted by Gasteiger charge is -2.07. The second kappa shape index (κ2) is 3.20. The van der Waals surface area contributed by atoms with E-state index in [1.807, 2.05) is 0 Å². The number of nitrogens with two attached hydrogens (primary N) is 1. The average molecular weight is 208 g/mol. The molecule has 78 valence electrons. The van der Waals surface area contributed by atoms with Crippen molar-refractivity contribution >= 4 is 5.84 Å². The molecule has 0 unspecified atom stereocenters. The molecule has 0 aliphatic rings. The highest BCUT2D eigenvalue weighted by Gasteiger charge is 2.35. The molecule has 14 heavy (non-hydrogen) atoms. The predicted molar refractivity (Wildman–Crippen MR) is 40.7 cm³/mol. The van der Waals surface area contributed by atoms with E-state index in [1.54, 1.807) is 0 Å². The van der Waals surface area contributed by atoms with Gasteiger partial charge in [-0.2, -0.15) is 13.2 Å². The zero-order chi connectivity index (χ0) is 10.9. The number of hydrogen-bond acceptors (Lipinski definition) is 3. The van der Waals surface area contributed by atoms with Gasteiger partial charge in [-0.3, -0.25) is 0 Å². The number of hydrogen-bond donors (Lipinski definition) is 2. The number of alkyl halides is 3. The number of oxime groups is 1. The molecule has 1 rings (SSSR count). The van der Waals surface area contributed by atoms with E-state index < -0.39 is 17.7 Å². The fourth-order valence-electron chi connectivity index (χ4n) is 0.956. The van der Waals surface area contributed by atoms with E-state index >= 15 is 0 Å². The molecule has 0 radical (unpaired) electrons. The van der Waals surface area contributed by atoms with Crippen LogP contribution in [0, 0.1) is 0 Å². The van der Waals surface area contributed by atoms with E-state index in [-0.39, 0.29) is 5.82 Å². The molecule has 0 aliphatic heterocycles. The summed E-state index contributed by atoms with van der Waals surface area (Å²) in [5.74, 6) is -0.706. The number of halogens is 3. The van der Waals surface area contributed by atoms with Crippen molar-refractivity contribution in [3.63, 3.8) is 0 Å². The van der Waals surface area contributed by atoms with Crippen molar-refractivity contribution in [2.45, 2.75) is 6.18 Å². The van der Waals surface area contributed by atoms with Gasteiger partial charge in [0, 0.05) is 7.05 Å². The second-order valence-electron chi connectivity index (χ2n) is 2.51. The highest BCUT2D eigenvalue weighted by atomic mass is 19.4. The smallest absolute Gasteiger partial charge is 0.409 e. The molecule has 0 bridgehead atoms. The summed E-state index contributed by atoms with van der Waals surface area (Å²) in [7, 11) is 1.13. The lowest BCUT2D eigenvalue weighted by Crippen LogP contribution is -2.20. The Morgan fingerprint density at radius 2 is 2.21 bits per heavy atom. The van der Waals surface area contributed by atoms with Gasteiger partial charge in [0.15, 0.2) is 5.82 Å². The summed E-state index contributed by atoms with van der Waals surface area (Å²) in [6.45, 7) is 0. The van der Waals surface area contributed by atoms with E-state index in [4.69, 9.17) is 10.9 Å². The van der Waals surface area contributed by atoms with Crippen LogP contribution in [0.25, 0.3) is 0 Å². The number of rotatable bonds is 1. The summed E-state index contributed by atoms with van der Waals surface area (Å²) in [5.41, 5.74) is 4.14. The van der Waals surface area contributed by atoms with Gasteiger partial charge in [0.1, 0.15) is 5.69 Å². The molecule has 0 saturated carbocycles. The van der Waals surface area contributed by atoms with Crippen molar-refractivity contribution in [1.82, 2.24) is 9.55 Å². The lowest BCUT2D eigenvalue weighted by atomic mass is 10.4. The van der Waals surface area contributed by atoms with E-state index in [9.17, 15) is 13.2 Å². The number of aromatic nitrogens is 2. The van der Waals surface area contributed by atoms with E-state index in [0.29, 0.717) is 10.8 Å². The van der Waals surface area contributed by atoms with Crippen LogP contribution >= 0.6 is 0 Å². The van der Waals surface area contributed by atoms with Crippen LogP contribution in [0.5, 0.6) is 0 Å². The summed E-state index contributed by atoms with van der Waals surface area (Å²) in [6.07, 6.45) is -3.89.